The summed E-state index contributed by atoms with van der Waals surface area (Å²) >= 11 is 0. The molecule has 2 aromatic carbocycles. The number of nitrogens with two attached hydrogens (primary N) is 2. The first-order chi connectivity index (χ1) is 11.1. The number of benzene rings is 2. The third-order valence-corrected chi connectivity index (χ3v) is 3.42. The van der Waals surface area contributed by atoms with Crippen molar-refractivity contribution >= 4 is 22.6 Å². The summed E-state index contributed by atoms with van der Waals surface area (Å²) in [5, 5.41) is 0.938. The van der Waals surface area contributed by atoms with Crippen LogP contribution in [0.25, 0.3) is 16.5 Å². The average Bonchev–Trinajstić information content (AvgIpc) is 2.55. The third kappa shape index (κ3) is 2.69. The number of amides is 1. The minimum absolute atomic E-state index is 0.215. The fraction of sp³-hybridized carbons (Fsp3) is 0. The van der Waals surface area contributed by atoms with Gasteiger partial charge in [-0.25, -0.2) is 0 Å². The molecule has 6 heteroatoms. The van der Waals surface area contributed by atoms with Crippen molar-refractivity contribution in [3.8, 4) is 5.69 Å². The molecule has 3 rings (SSSR count). The highest BCUT2D eigenvalue weighted by Crippen LogP contribution is 2.18. The van der Waals surface area contributed by atoms with Gasteiger partial charge in [-0.1, -0.05) is 36.4 Å². The van der Waals surface area contributed by atoms with Crippen molar-refractivity contribution in [2.45, 2.75) is 0 Å². The molecule has 0 spiro atoms. The topological polar surface area (TPSA) is 103 Å². The number of carbonyl (C=O) groups excluding carboxylic acids is 1. The molecule has 1 heterocycles. The average molecular weight is 306 g/mol. The predicted octanol–water partition coefficient (Wildman–Crippen LogP) is 1.40. The van der Waals surface area contributed by atoms with E-state index in [-0.39, 0.29) is 17.1 Å². The fourth-order valence-electron chi connectivity index (χ4n) is 2.42. The van der Waals surface area contributed by atoms with Crippen LogP contribution in [0.3, 0.4) is 0 Å². The molecule has 6 nitrogen and oxygen atoms in total. The molecule has 0 aliphatic heterocycles. The van der Waals surface area contributed by atoms with Gasteiger partial charge in [0, 0.05) is 22.7 Å². The number of aromatic nitrogens is 1. The Hall–Kier alpha value is -3.41. The summed E-state index contributed by atoms with van der Waals surface area (Å²) in [7, 11) is 0. The lowest BCUT2D eigenvalue weighted by molar-refractivity contribution is 0.100. The van der Waals surface area contributed by atoms with E-state index in [2.05, 4.69) is 4.99 Å². The number of fused-ring (bicyclic) bond motifs is 1. The van der Waals surface area contributed by atoms with Crippen LogP contribution in [0, 0.1) is 0 Å². The van der Waals surface area contributed by atoms with Crippen LogP contribution < -0.4 is 17.0 Å². The minimum Gasteiger partial charge on any atom is -0.370 e. The highest BCUT2D eigenvalue weighted by atomic mass is 16.1. The van der Waals surface area contributed by atoms with Gasteiger partial charge in [0.15, 0.2) is 5.96 Å². The van der Waals surface area contributed by atoms with E-state index in [9.17, 15) is 9.59 Å². The molecule has 1 amide bonds. The molecule has 114 valence electrons. The second kappa shape index (κ2) is 5.76. The molecule has 0 saturated carbocycles. The Morgan fingerprint density at radius 3 is 2.17 bits per heavy atom. The van der Waals surface area contributed by atoms with Crippen molar-refractivity contribution < 1.29 is 4.79 Å². The molecule has 4 N–H and O–H groups in total. The molecule has 1 aromatic heterocycles. The Balaban J connectivity index is 2.36. The maximum atomic E-state index is 12.7. The summed E-state index contributed by atoms with van der Waals surface area (Å²) in [5.41, 5.74) is 11.3. The van der Waals surface area contributed by atoms with Crippen molar-refractivity contribution in [2.24, 2.45) is 16.5 Å². The highest BCUT2D eigenvalue weighted by Gasteiger charge is 2.15. The van der Waals surface area contributed by atoms with Crippen molar-refractivity contribution in [3.05, 3.63) is 76.7 Å². The van der Waals surface area contributed by atoms with Crippen molar-refractivity contribution in [1.29, 1.82) is 0 Å². The second-order valence-corrected chi connectivity index (χ2v) is 4.94. The van der Waals surface area contributed by atoms with Gasteiger partial charge in [-0.2, -0.15) is 4.99 Å². The van der Waals surface area contributed by atoms with Crippen LogP contribution in [-0.4, -0.2) is 16.4 Å². The lowest BCUT2D eigenvalue weighted by Gasteiger charge is -2.10. The maximum Gasteiger partial charge on any atom is 0.282 e. The largest absolute Gasteiger partial charge is 0.370 e. The quantitative estimate of drug-likeness (QED) is 0.551. The summed E-state index contributed by atoms with van der Waals surface area (Å²) < 4.78 is 1.41. The summed E-state index contributed by atoms with van der Waals surface area (Å²) in [5.74, 6) is -0.914. The van der Waals surface area contributed by atoms with Crippen LogP contribution in [-0.2, 0) is 0 Å². The predicted molar refractivity (Wildman–Crippen MR) is 89.7 cm³/mol. The Morgan fingerprint density at radius 2 is 1.52 bits per heavy atom. The number of aliphatic imine (C=N–C) groups is 1. The number of pyridine rings is 1. The SMILES string of the molecule is NC(N)=NC(=O)c1cn(-c2ccccc2)c(=O)c2ccccc12. The Kier molecular flexibility index (Phi) is 3.64. The molecule has 0 saturated heterocycles. The Labute approximate surface area is 131 Å². The van der Waals surface area contributed by atoms with Gasteiger partial charge in [-0.05, 0) is 18.2 Å². The van der Waals surface area contributed by atoms with E-state index < -0.39 is 5.91 Å². The highest BCUT2D eigenvalue weighted by molar-refractivity contribution is 6.10. The zero-order chi connectivity index (χ0) is 16.4. The monoisotopic (exact) mass is 306 g/mol. The van der Waals surface area contributed by atoms with Crippen molar-refractivity contribution in [2.75, 3.05) is 0 Å². The van der Waals surface area contributed by atoms with Crippen LogP contribution in [0.2, 0.25) is 0 Å². The van der Waals surface area contributed by atoms with Gasteiger partial charge in [0.05, 0.1) is 5.56 Å². The standard InChI is InChI=1S/C17H14N4O2/c18-17(19)20-15(22)14-10-21(11-6-2-1-3-7-11)16(23)13-9-5-4-8-12(13)14/h1-10H,(H4,18,19,20,22). The molecule has 0 aliphatic carbocycles. The zero-order valence-electron chi connectivity index (χ0n) is 12.1. The van der Waals surface area contributed by atoms with E-state index in [1.165, 1.54) is 10.8 Å². The molecule has 0 bridgehead atoms. The van der Waals surface area contributed by atoms with E-state index in [0.29, 0.717) is 16.5 Å². The molecule has 0 radical (unpaired) electrons. The molecule has 0 aliphatic rings. The van der Waals surface area contributed by atoms with Crippen LogP contribution in [0.15, 0.2) is 70.6 Å². The van der Waals surface area contributed by atoms with Crippen LogP contribution in [0.1, 0.15) is 10.4 Å². The number of para-hydroxylation sites is 1. The number of nitrogens with zero attached hydrogens (tertiary/aromatic N) is 2. The first-order valence-corrected chi connectivity index (χ1v) is 6.91. The van der Waals surface area contributed by atoms with Gasteiger partial charge in [0.25, 0.3) is 11.5 Å². The van der Waals surface area contributed by atoms with Gasteiger partial charge in [0.1, 0.15) is 0 Å². The maximum absolute atomic E-state index is 12.7. The summed E-state index contributed by atoms with van der Waals surface area (Å²) in [6.45, 7) is 0. The molecule has 0 unspecified atom stereocenters. The number of hydrogen-bond acceptors (Lipinski definition) is 2. The minimum atomic E-state index is -0.592. The smallest absolute Gasteiger partial charge is 0.282 e. The van der Waals surface area contributed by atoms with Gasteiger partial charge in [0.2, 0.25) is 0 Å². The van der Waals surface area contributed by atoms with Crippen molar-refractivity contribution in [1.82, 2.24) is 4.57 Å². The first kappa shape index (κ1) is 14.5. The number of guanidine groups is 1. The van der Waals surface area contributed by atoms with E-state index >= 15 is 0 Å². The van der Waals surface area contributed by atoms with Gasteiger partial charge in [-0.15, -0.1) is 0 Å². The molecule has 0 fully saturated rings. The Morgan fingerprint density at radius 1 is 0.913 bits per heavy atom. The van der Waals surface area contributed by atoms with Crippen LogP contribution >= 0.6 is 0 Å². The fourth-order valence-corrected chi connectivity index (χ4v) is 2.42. The zero-order valence-corrected chi connectivity index (χ0v) is 12.1. The lowest BCUT2D eigenvalue weighted by Crippen LogP contribution is -2.25. The van der Waals surface area contributed by atoms with Gasteiger partial charge >= 0.3 is 0 Å². The molecule has 0 atom stereocenters. The van der Waals surface area contributed by atoms with Crippen LogP contribution in [0.5, 0.6) is 0 Å². The van der Waals surface area contributed by atoms with E-state index in [0.717, 1.165) is 0 Å². The van der Waals surface area contributed by atoms with Crippen molar-refractivity contribution in [3.63, 3.8) is 0 Å². The number of hydrogen-bond donors (Lipinski definition) is 2. The third-order valence-electron chi connectivity index (χ3n) is 3.42. The molecular formula is C17H14N4O2. The van der Waals surface area contributed by atoms with Gasteiger partial charge < -0.3 is 11.5 Å². The Bertz CT molecular complexity index is 971. The van der Waals surface area contributed by atoms with E-state index in [1.807, 2.05) is 18.2 Å². The summed E-state index contributed by atoms with van der Waals surface area (Å²) in [6, 6.07) is 15.9. The van der Waals surface area contributed by atoms with Crippen LogP contribution in [0.4, 0.5) is 0 Å². The lowest BCUT2D eigenvalue weighted by atomic mass is 10.1. The molecular weight excluding hydrogens is 292 g/mol. The second-order valence-electron chi connectivity index (χ2n) is 4.94. The van der Waals surface area contributed by atoms with E-state index in [4.69, 9.17) is 11.5 Å². The number of rotatable bonds is 2. The summed E-state index contributed by atoms with van der Waals surface area (Å²) in [6.07, 6.45) is 1.47. The van der Waals surface area contributed by atoms with Gasteiger partial charge in [-0.3, -0.25) is 14.2 Å². The van der Waals surface area contributed by atoms with E-state index in [1.54, 1.807) is 36.4 Å². The normalized spacial score (nSPS) is 10.4. The molecule has 3 aromatic rings. The first-order valence-electron chi connectivity index (χ1n) is 6.91. The number of carbonyl (C=O) groups is 1. The molecule has 23 heavy (non-hydrogen) atoms. The summed E-state index contributed by atoms with van der Waals surface area (Å²) in [4.78, 5) is 28.6.